The van der Waals surface area contributed by atoms with Gasteiger partial charge in [-0.05, 0) is 0 Å². The molecule has 20 heteroatoms. The van der Waals surface area contributed by atoms with Crippen LogP contribution in [0.5, 0.6) is 0 Å². The Kier molecular flexibility index (Phi) is 27.7. The third-order valence-corrected chi connectivity index (χ3v) is 1.05. The Morgan fingerprint density at radius 1 is 0.586 bits per heavy atom. The molecule has 0 saturated carbocycles. The van der Waals surface area contributed by atoms with Gasteiger partial charge in [-0.3, -0.25) is 50.6 Å². The average molecular weight is 414 g/mol. The molecule has 0 aliphatic carbocycles. The lowest BCUT2D eigenvalue weighted by Gasteiger charge is -2.04. The molecule has 0 unspecified atom stereocenters. The van der Waals surface area contributed by atoms with Crippen LogP contribution in [0.1, 0.15) is 0 Å². The van der Waals surface area contributed by atoms with Crippen LogP contribution in [0.25, 0.3) is 16.2 Å². The Hall–Kier alpha value is -5.12. The highest BCUT2D eigenvalue weighted by Crippen LogP contribution is 2.14. The van der Waals surface area contributed by atoms with E-state index in [2.05, 4.69) is 80.6 Å². The second-order valence-electron chi connectivity index (χ2n) is 3.37. The van der Waals surface area contributed by atoms with Crippen molar-refractivity contribution < 1.29 is 27.2 Å². The fraction of sp³-hybridized carbons (Fsp3) is 0. The molecule has 29 heavy (non-hydrogen) atoms. The average Bonchev–Trinajstić information content (AvgIpc) is 2.46. The summed E-state index contributed by atoms with van der Waals surface area (Å²) in [4.78, 5) is 20.2. The summed E-state index contributed by atoms with van der Waals surface area (Å²) in [7, 11) is 0. The Morgan fingerprint density at radius 2 is 0.724 bits per heavy atom. The van der Waals surface area contributed by atoms with Gasteiger partial charge in [0.05, 0.1) is 0 Å². The van der Waals surface area contributed by atoms with Crippen molar-refractivity contribution in [3.63, 3.8) is 0 Å². The van der Waals surface area contributed by atoms with Gasteiger partial charge in [0.25, 0.3) is 0 Å². The summed E-state index contributed by atoms with van der Waals surface area (Å²) < 4.78 is 0. The zero-order valence-electron chi connectivity index (χ0n) is 14.7. The zero-order chi connectivity index (χ0) is 21.8. The lowest BCUT2D eigenvalue weighted by Crippen LogP contribution is -2.51. The molecule has 0 aliphatic heterocycles. The molecule has 1 aromatic heterocycles. The van der Waals surface area contributed by atoms with E-state index in [4.69, 9.17) is 16.2 Å². The summed E-state index contributed by atoms with van der Waals surface area (Å²) >= 11 is 0. The van der Waals surface area contributed by atoms with Crippen molar-refractivity contribution >= 4 is 53.7 Å². The van der Waals surface area contributed by atoms with Crippen molar-refractivity contribution in [1.29, 1.82) is 0 Å². The molecule has 0 aliphatic rings. The van der Waals surface area contributed by atoms with E-state index in [9.17, 15) is 0 Å². The molecule has 0 saturated heterocycles. The molecule has 0 fully saturated rings. The van der Waals surface area contributed by atoms with Gasteiger partial charge in [0.15, 0.2) is 17.8 Å². The Labute approximate surface area is 162 Å². The summed E-state index contributed by atoms with van der Waals surface area (Å²) in [6.45, 7) is 0. The topological polar surface area (TPSA) is 439 Å². The first kappa shape index (κ1) is 35.1. The minimum Gasteiger partial charge on any atom is -0.422 e. The standard InChI is InChI=1S/C6N9.3CH5N3.2H2O/c7-1-10-4-13-5(11-2-8)15-6(14-4)12-3-9;3*2-1(3)4;;/h;3*(H5,2,3,4);2*1H2/q-3;;;;;/p+3. The Balaban J connectivity index is -0.000000115. The van der Waals surface area contributed by atoms with Crippen molar-refractivity contribution in [2.75, 3.05) is 0 Å². The SMILES string of the molecule is NC(N)=[NH2+].NC(N)=[NH2+].NC(N)=[NH2+].O.O.[N-]=C=Nc1nc(N=C=[N-])nc(N=C=[N-])n1. The molecule has 1 heterocycles. The van der Waals surface area contributed by atoms with Crippen LogP contribution in [-0.4, -0.2) is 61.8 Å². The van der Waals surface area contributed by atoms with Crippen LogP contribution in [0, 0.1) is 0 Å². The summed E-state index contributed by atoms with van der Waals surface area (Å²) in [5.41, 5.74) is 27.5. The van der Waals surface area contributed by atoms with Gasteiger partial charge in [0.2, 0.25) is 0 Å². The minimum atomic E-state index is -0.254. The Bertz CT molecular complexity index is 655. The number of hydrogen-bond donors (Lipinski definition) is 9. The van der Waals surface area contributed by atoms with Crippen molar-refractivity contribution in [2.24, 2.45) is 49.4 Å². The molecular weight excluding hydrogens is 392 g/mol. The fourth-order valence-corrected chi connectivity index (χ4v) is 0.627. The molecule has 1 aromatic rings. The highest BCUT2D eigenvalue weighted by molar-refractivity contribution is 5.69. The van der Waals surface area contributed by atoms with E-state index in [1.54, 1.807) is 0 Å². The summed E-state index contributed by atoms with van der Waals surface area (Å²) in [6.07, 6.45) is 0. The van der Waals surface area contributed by atoms with Crippen molar-refractivity contribution in [1.82, 2.24) is 15.0 Å². The lowest BCUT2D eigenvalue weighted by molar-refractivity contribution is -0.117. The van der Waals surface area contributed by atoms with Crippen LogP contribution in [0.3, 0.4) is 0 Å². The molecule has 22 N–H and O–H groups in total. The van der Waals surface area contributed by atoms with Crippen LogP contribution in [-0.2, 0) is 0 Å². The van der Waals surface area contributed by atoms with E-state index < -0.39 is 0 Å². The highest BCUT2D eigenvalue weighted by atomic mass is 16.0. The van der Waals surface area contributed by atoms with Crippen molar-refractivity contribution in [2.45, 2.75) is 0 Å². The fourth-order valence-electron chi connectivity index (χ4n) is 0.627. The van der Waals surface area contributed by atoms with Crippen LogP contribution in [0.4, 0.5) is 17.8 Å². The van der Waals surface area contributed by atoms with E-state index in [0.29, 0.717) is 0 Å². The van der Waals surface area contributed by atoms with Gasteiger partial charge < -0.3 is 42.2 Å². The number of rotatable bonds is 3. The van der Waals surface area contributed by atoms with Crippen LogP contribution >= 0.6 is 0 Å². The smallest absolute Gasteiger partial charge is 0.336 e. The van der Waals surface area contributed by atoms with Gasteiger partial charge in [0, 0.05) is 0 Å². The number of hydrogen-bond acceptors (Lipinski definition) is 6. The van der Waals surface area contributed by atoms with Gasteiger partial charge >= 0.3 is 17.9 Å². The zero-order valence-corrected chi connectivity index (χ0v) is 14.7. The third-order valence-electron chi connectivity index (χ3n) is 1.05. The summed E-state index contributed by atoms with van der Waals surface area (Å²) in [5.74, 6) is -1.01. The maximum atomic E-state index is 8.25. The van der Waals surface area contributed by atoms with E-state index in [-0.39, 0.29) is 46.7 Å². The minimum absolute atomic E-state index is 0. The third kappa shape index (κ3) is 39.6. The number of nitrogens with zero attached hydrogens (tertiary/aromatic N) is 9. The molecular formula is C9H22N18O2. The maximum absolute atomic E-state index is 8.25. The molecule has 1 rings (SSSR count). The van der Waals surface area contributed by atoms with Crippen molar-refractivity contribution in [3.05, 3.63) is 16.2 Å². The van der Waals surface area contributed by atoms with Gasteiger partial charge in [0.1, 0.15) is 0 Å². The number of nitrogens with two attached hydrogens (primary N) is 9. The largest absolute Gasteiger partial charge is 0.422 e. The van der Waals surface area contributed by atoms with Gasteiger partial charge in [-0.1, -0.05) is 0 Å². The van der Waals surface area contributed by atoms with Crippen LogP contribution < -0.4 is 50.6 Å². The first-order valence-corrected chi connectivity index (χ1v) is 5.95. The molecule has 160 valence electrons. The first-order valence-electron chi connectivity index (χ1n) is 5.95. The van der Waals surface area contributed by atoms with Gasteiger partial charge in [-0.25, -0.2) is 15.0 Å². The van der Waals surface area contributed by atoms with E-state index in [1.165, 1.54) is 18.0 Å². The Morgan fingerprint density at radius 3 is 0.828 bits per heavy atom. The van der Waals surface area contributed by atoms with E-state index in [0.717, 1.165) is 0 Å². The predicted octanol–water partition coefficient (Wildman–Crippen LogP) is -9.60. The molecule has 0 atom stereocenters. The molecule has 20 nitrogen and oxygen atoms in total. The van der Waals surface area contributed by atoms with Crippen LogP contribution in [0.2, 0.25) is 0 Å². The molecule has 0 radical (unpaired) electrons. The summed E-state index contributed by atoms with van der Waals surface area (Å²) in [6, 6.07) is 4.34. The second kappa shape index (κ2) is 22.9. The molecule has 0 spiro atoms. The van der Waals surface area contributed by atoms with E-state index >= 15 is 0 Å². The van der Waals surface area contributed by atoms with E-state index in [1.807, 2.05) is 0 Å². The van der Waals surface area contributed by atoms with Crippen molar-refractivity contribution in [3.8, 4) is 0 Å². The summed E-state index contributed by atoms with van der Waals surface area (Å²) in [5, 5.41) is 38.5. The molecule has 0 aromatic carbocycles. The number of aliphatic imine (C=N–C) groups is 3. The van der Waals surface area contributed by atoms with Gasteiger partial charge in [-0.15, -0.1) is 18.0 Å². The first-order chi connectivity index (χ1) is 12.5. The maximum Gasteiger partial charge on any atom is 0.336 e. The quantitative estimate of drug-likeness (QED) is 0.167. The van der Waals surface area contributed by atoms with Gasteiger partial charge in [-0.2, -0.15) is 0 Å². The van der Waals surface area contributed by atoms with Crippen LogP contribution in [0.15, 0.2) is 15.0 Å². The second-order valence-corrected chi connectivity index (χ2v) is 3.37. The monoisotopic (exact) mass is 414 g/mol. The predicted molar refractivity (Wildman–Crippen MR) is 104 cm³/mol. The highest BCUT2D eigenvalue weighted by Gasteiger charge is 1.92. The molecule has 0 amide bonds. The lowest BCUT2D eigenvalue weighted by atomic mass is 10.8. The number of aromatic nitrogens is 3. The molecule has 0 bridgehead atoms. The number of guanidine groups is 3. The normalized spacial score (nSPS) is 6.62.